The molecular formula is C65H118O12. The van der Waals surface area contributed by atoms with Crippen LogP contribution >= 0.6 is 0 Å². The van der Waals surface area contributed by atoms with Gasteiger partial charge in [0.05, 0.1) is 6.61 Å². The van der Waals surface area contributed by atoms with E-state index < -0.39 is 67.3 Å². The number of aliphatic carboxylic acids is 1. The van der Waals surface area contributed by atoms with Gasteiger partial charge in [-0.05, 0) is 51.4 Å². The number of unbranched alkanes of at least 4 members (excludes halogenated alkanes) is 38. The van der Waals surface area contributed by atoms with Gasteiger partial charge in [-0.15, -0.1) is 0 Å². The topological polar surface area (TPSA) is 175 Å². The molecule has 12 heteroatoms. The third-order valence-corrected chi connectivity index (χ3v) is 15.0. The zero-order chi connectivity index (χ0) is 56.1. The SMILES string of the molecule is CCCCC/C=C\C/C=C\CCCCCCCC(=O)OCC(COC1OC(C(=O)O)C(O)C(O)C1OC(=O)CCCCCCCCCCCCCCCCCCC)OC(=O)CCCCCCCCCCCCCCCCC. The molecule has 0 aromatic rings. The molecule has 0 spiro atoms. The molecule has 1 aliphatic heterocycles. The van der Waals surface area contributed by atoms with E-state index in [0.29, 0.717) is 19.3 Å². The van der Waals surface area contributed by atoms with Crippen molar-refractivity contribution < 1.29 is 58.2 Å². The number of allylic oxidation sites excluding steroid dienone is 4. The average molecular weight is 1090 g/mol. The molecule has 3 N–H and O–H groups in total. The highest BCUT2D eigenvalue weighted by Gasteiger charge is 2.50. The fourth-order valence-corrected chi connectivity index (χ4v) is 10.0. The summed E-state index contributed by atoms with van der Waals surface area (Å²) in [6, 6.07) is 0. The van der Waals surface area contributed by atoms with Gasteiger partial charge in [-0.2, -0.15) is 0 Å². The van der Waals surface area contributed by atoms with Gasteiger partial charge in [0.1, 0.15) is 18.8 Å². The summed E-state index contributed by atoms with van der Waals surface area (Å²) in [6.45, 7) is 6.01. The summed E-state index contributed by atoms with van der Waals surface area (Å²) in [5.74, 6) is -3.10. The third kappa shape index (κ3) is 43.7. The molecule has 12 nitrogen and oxygen atoms in total. The molecule has 6 unspecified atom stereocenters. The first-order chi connectivity index (χ1) is 37.6. The highest BCUT2D eigenvalue weighted by molar-refractivity contribution is 5.74. The maximum atomic E-state index is 13.2. The molecule has 1 heterocycles. The molecule has 0 aromatic carbocycles. The van der Waals surface area contributed by atoms with E-state index in [-0.39, 0.29) is 25.9 Å². The smallest absolute Gasteiger partial charge is 0.335 e. The zero-order valence-corrected chi connectivity index (χ0v) is 49.7. The van der Waals surface area contributed by atoms with Crippen LogP contribution in [0.15, 0.2) is 24.3 Å². The molecule has 0 saturated carbocycles. The molecule has 1 rings (SSSR count). The van der Waals surface area contributed by atoms with Gasteiger partial charge in [-0.3, -0.25) is 14.4 Å². The highest BCUT2D eigenvalue weighted by Crippen LogP contribution is 2.27. The van der Waals surface area contributed by atoms with Crippen LogP contribution in [0.5, 0.6) is 0 Å². The van der Waals surface area contributed by atoms with Crippen LogP contribution in [0.3, 0.4) is 0 Å². The van der Waals surface area contributed by atoms with E-state index in [1.54, 1.807) is 0 Å². The molecule has 0 amide bonds. The Morgan fingerprint density at radius 2 is 0.779 bits per heavy atom. The summed E-state index contributed by atoms with van der Waals surface area (Å²) in [5, 5.41) is 31.6. The summed E-state index contributed by atoms with van der Waals surface area (Å²) >= 11 is 0. The Balaban J connectivity index is 2.65. The van der Waals surface area contributed by atoms with Crippen LogP contribution in [0, 0.1) is 0 Å². The van der Waals surface area contributed by atoms with Crippen LogP contribution < -0.4 is 0 Å². The van der Waals surface area contributed by atoms with Crippen molar-refractivity contribution in [1.29, 1.82) is 0 Å². The summed E-state index contributed by atoms with van der Waals surface area (Å²) in [6.07, 6.45) is 49.9. The van der Waals surface area contributed by atoms with Crippen molar-refractivity contribution in [3.05, 3.63) is 24.3 Å². The Labute approximate surface area is 470 Å². The Morgan fingerprint density at radius 1 is 0.429 bits per heavy atom. The van der Waals surface area contributed by atoms with Crippen molar-refractivity contribution >= 4 is 23.9 Å². The number of rotatable bonds is 56. The number of carbonyl (C=O) groups is 4. The van der Waals surface area contributed by atoms with Crippen LogP contribution in [-0.4, -0.2) is 89.2 Å². The van der Waals surface area contributed by atoms with Crippen molar-refractivity contribution in [1.82, 2.24) is 0 Å². The van der Waals surface area contributed by atoms with Crippen molar-refractivity contribution in [2.24, 2.45) is 0 Å². The number of carboxylic acid groups (broad SMARTS) is 1. The molecule has 0 aromatic heterocycles. The van der Waals surface area contributed by atoms with Crippen LogP contribution in [0.2, 0.25) is 0 Å². The molecule has 1 fully saturated rings. The molecule has 1 saturated heterocycles. The van der Waals surface area contributed by atoms with Crippen molar-refractivity contribution in [2.75, 3.05) is 13.2 Å². The standard InChI is InChI=1S/C65H118O12/c1-4-7-10-13-16-19-22-25-28-29-32-35-38-41-44-47-50-53-59(68)76-63-61(70)60(69)62(64(71)72)77-65(63)74-55-56(75-58(67)52-49-46-43-40-37-34-31-27-24-21-18-15-12-9-6-3)54-73-57(66)51-48-45-42-39-36-33-30-26-23-20-17-14-11-8-5-2/h17,20,26,30,56,60-63,65,69-70H,4-16,18-19,21-25,27-29,31-55H2,1-3H3,(H,71,72)/b20-17-,30-26-. The van der Waals surface area contributed by atoms with E-state index in [9.17, 15) is 34.5 Å². The lowest BCUT2D eigenvalue weighted by Crippen LogP contribution is -2.61. The van der Waals surface area contributed by atoms with Gasteiger partial charge in [-0.1, -0.05) is 270 Å². The van der Waals surface area contributed by atoms with Crippen molar-refractivity contribution in [3.8, 4) is 0 Å². The van der Waals surface area contributed by atoms with Crippen LogP contribution in [0.25, 0.3) is 0 Å². The second-order valence-corrected chi connectivity index (χ2v) is 22.4. The average Bonchev–Trinajstić information content (AvgIpc) is 3.42. The summed E-state index contributed by atoms with van der Waals surface area (Å²) in [5.41, 5.74) is 0. The highest BCUT2D eigenvalue weighted by atomic mass is 16.7. The lowest BCUT2D eigenvalue weighted by atomic mass is 9.98. The second-order valence-electron chi connectivity index (χ2n) is 22.4. The number of ether oxygens (including phenoxy) is 5. The van der Waals surface area contributed by atoms with Gasteiger partial charge in [-0.25, -0.2) is 4.79 Å². The number of esters is 3. The monoisotopic (exact) mass is 1090 g/mol. The molecule has 0 aliphatic carbocycles. The maximum Gasteiger partial charge on any atom is 0.335 e. The van der Waals surface area contributed by atoms with Gasteiger partial charge in [0.25, 0.3) is 0 Å². The molecule has 77 heavy (non-hydrogen) atoms. The fourth-order valence-electron chi connectivity index (χ4n) is 10.0. The van der Waals surface area contributed by atoms with Gasteiger partial charge in [0.15, 0.2) is 24.6 Å². The fraction of sp³-hybridized carbons (Fsp3) is 0.877. The third-order valence-electron chi connectivity index (χ3n) is 15.0. The Morgan fingerprint density at radius 3 is 1.19 bits per heavy atom. The minimum atomic E-state index is -1.90. The van der Waals surface area contributed by atoms with E-state index in [2.05, 4.69) is 45.1 Å². The summed E-state index contributed by atoms with van der Waals surface area (Å²) < 4.78 is 28.5. The normalized spacial score (nSPS) is 18.1. The van der Waals surface area contributed by atoms with E-state index in [0.717, 1.165) is 83.5 Å². The van der Waals surface area contributed by atoms with Crippen LogP contribution in [0.1, 0.15) is 316 Å². The molecule has 6 atom stereocenters. The Bertz CT molecular complexity index is 1430. The lowest BCUT2D eigenvalue weighted by molar-refractivity contribution is -0.301. The lowest BCUT2D eigenvalue weighted by Gasteiger charge is -2.40. The number of hydrogen-bond acceptors (Lipinski definition) is 11. The van der Waals surface area contributed by atoms with E-state index in [4.69, 9.17) is 23.7 Å². The first-order valence-corrected chi connectivity index (χ1v) is 32.3. The Kier molecular flexibility index (Phi) is 50.5. The predicted octanol–water partition coefficient (Wildman–Crippen LogP) is 17.0. The maximum absolute atomic E-state index is 13.2. The van der Waals surface area contributed by atoms with Gasteiger partial charge < -0.3 is 39.0 Å². The van der Waals surface area contributed by atoms with Crippen LogP contribution in [0.4, 0.5) is 0 Å². The number of aliphatic hydroxyl groups is 2. The first-order valence-electron chi connectivity index (χ1n) is 32.3. The minimum absolute atomic E-state index is 0.0667. The predicted molar refractivity (Wildman–Crippen MR) is 313 cm³/mol. The second kappa shape index (κ2) is 53.8. The number of carbonyl (C=O) groups excluding carboxylic acids is 3. The molecule has 1 aliphatic rings. The largest absolute Gasteiger partial charge is 0.479 e. The molecule has 450 valence electrons. The zero-order valence-electron chi connectivity index (χ0n) is 49.7. The van der Waals surface area contributed by atoms with Crippen LogP contribution in [-0.2, 0) is 42.9 Å². The molecule has 0 radical (unpaired) electrons. The minimum Gasteiger partial charge on any atom is -0.479 e. The number of carboxylic acids is 1. The van der Waals surface area contributed by atoms with Gasteiger partial charge in [0, 0.05) is 19.3 Å². The van der Waals surface area contributed by atoms with Crippen molar-refractivity contribution in [2.45, 2.75) is 353 Å². The summed E-state index contributed by atoms with van der Waals surface area (Å²) in [4.78, 5) is 51.3. The van der Waals surface area contributed by atoms with E-state index in [1.165, 1.54) is 173 Å². The van der Waals surface area contributed by atoms with Crippen molar-refractivity contribution in [3.63, 3.8) is 0 Å². The van der Waals surface area contributed by atoms with E-state index >= 15 is 0 Å². The van der Waals surface area contributed by atoms with Gasteiger partial charge in [0.2, 0.25) is 0 Å². The van der Waals surface area contributed by atoms with Gasteiger partial charge >= 0.3 is 23.9 Å². The molecular weight excluding hydrogens is 973 g/mol. The first kappa shape index (κ1) is 72.2. The number of aliphatic hydroxyl groups excluding tert-OH is 2. The quantitative estimate of drug-likeness (QED) is 0.0228. The molecule has 0 bridgehead atoms. The summed E-state index contributed by atoms with van der Waals surface area (Å²) in [7, 11) is 0. The number of hydrogen-bond donors (Lipinski definition) is 3. The van der Waals surface area contributed by atoms with E-state index in [1.807, 2.05) is 0 Å². The Hall–Kier alpha value is -2.80.